The van der Waals surface area contributed by atoms with Gasteiger partial charge < -0.3 is 9.80 Å². The van der Waals surface area contributed by atoms with Crippen LogP contribution in [-0.4, -0.2) is 40.9 Å². The van der Waals surface area contributed by atoms with Gasteiger partial charge in [-0.05, 0) is 112 Å². The Balaban J connectivity index is 1.20. The number of unbranched alkanes of at least 4 members (excludes halogenated alkanes) is 32. The molecule has 0 aromatic carbocycles. The number of hydrogen-bond acceptors (Lipinski definition) is 4. The number of thiophene rings is 2. The van der Waals surface area contributed by atoms with Gasteiger partial charge in [-0.15, -0.1) is 22.7 Å². The zero-order valence-electron chi connectivity index (χ0n) is 49.1. The Labute approximate surface area is 488 Å². The second-order valence-electron chi connectivity index (χ2n) is 25.2. The molecule has 428 valence electrons. The summed E-state index contributed by atoms with van der Waals surface area (Å²) in [7, 11) is 0. The number of likely N-dealkylation sites (tertiary alicyclic amines) is 2. The van der Waals surface area contributed by atoms with E-state index in [1.165, 1.54) is 278 Å². The van der Waals surface area contributed by atoms with Crippen molar-refractivity contribution in [1.29, 1.82) is 0 Å². The molecule has 1 amide bonds. The summed E-state index contributed by atoms with van der Waals surface area (Å²) in [4.78, 5) is 24.0. The predicted octanol–water partition coefficient (Wildman–Crippen LogP) is 23.6. The third-order valence-electron chi connectivity index (χ3n) is 19.0. The highest BCUT2D eigenvalue weighted by molar-refractivity contribution is 9.11. The summed E-state index contributed by atoms with van der Waals surface area (Å²) in [5.41, 5.74) is 1.66. The van der Waals surface area contributed by atoms with E-state index in [1.807, 2.05) is 22.7 Å². The number of halogens is 2. The lowest BCUT2D eigenvalue weighted by Crippen LogP contribution is -2.48. The van der Waals surface area contributed by atoms with Crippen molar-refractivity contribution in [3.8, 4) is 0 Å². The molecule has 3 fully saturated rings. The van der Waals surface area contributed by atoms with Crippen LogP contribution >= 0.6 is 54.5 Å². The topological polar surface area (TPSA) is 23.6 Å². The molecule has 2 saturated heterocycles. The molecule has 2 aliphatic heterocycles. The summed E-state index contributed by atoms with van der Waals surface area (Å²) >= 11 is 11.6. The Kier molecular flexibility index (Phi) is 31.7. The van der Waals surface area contributed by atoms with Gasteiger partial charge in [-0.1, -0.05) is 265 Å². The molecule has 0 N–H and O–H groups in total. The van der Waals surface area contributed by atoms with E-state index in [0.717, 1.165) is 28.6 Å². The maximum atomic E-state index is 15.5. The maximum Gasteiger partial charge on any atom is 0.231 e. The minimum atomic E-state index is -0.0614. The summed E-state index contributed by atoms with van der Waals surface area (Å²) in [6.07, 6.45) is 60.9. The molecule has 0 spiro atoms. The number of fused-ring (bicyclic) bond motifs is 3. The molecule has 6 rings (SSSR count). The monoisotopic (exact) mass is 1200 g/mol. The molecule has 0 bridgehead atoms. The average Bonchev–Trinajstić information content (AvgIpc) is 3.76. The van der Waals surface area contributed by atoms with Crippen LogP contribution in [-0.2, 0) is 4.79 Å². The van der Waals surface area contributed by atoms with E-state index in [0.29, 0.717) is 29.7 Å². The van der Waals surface area contributed by atoms with Crippen LogP contribution in [0.4, 0.5) is 0 Å². The highest BCUT2D eigenvalue weighted by Gasteiger charge is 2.60. The summed E-state index contributed by atoms with van der Waals surface area (Å²) in [5, 5.41) is 0. The van der Waals surface area contributed by atoms with Crippen molar-refractivity contribution < 1.29 is 4.79 Å². The van der Waals surface area contributed by atoms with Gasteiger partial charge in [-0.25, -0.2) is 0 Å². The van der Waals surface area contributed by atoms with Crippen LogP contribution < -0.4 is 0 Å². The molecule has 2 aromatic heterocycles. The number of piperidine rings is 1. The standard InChI is InChI=1S/C68H114Br2N2OS2/c1-5-9-13-17-21-25-27-31-35-38-42-54(41-37-33-29-23-19-15-11-7-3)52-71-59-49-56(59)66(62-45-47-64(69)74-62)57-50-61-58(51-60(57)71)67(63-46-48-65(70)75-63)68(73)72(61)53-55(43-39-34-30-24-20-16-12-8-4)44-40-36-32-28-26-22-18-14-10-6-2/h45-48,51,54-59,61,66-67H,5-44,49-50,52-53H2,1-4H3. The number of carbonyl (C=O) groups excluding carboxylic acids is 1. The fourth-order valence-corrected chi connectivity index (χ4v) is 17.8. The quantitative estimate of drug-likeness (QED) is 0.0617. The van der Waals surface area contributed by atoms with Gasteiger partial charge in [0.1, 0.15) is 0 Å². The number of rotatable bonds is 46. The highest BCUT2D eigenvalue weighted by Crippen LogP contribution is 2.63. The summed E-state index contributed by atoms with van der Waals surface area (Å²) in [6, 6.07) is 10.3. The fourth-order valence-electron chi connectivity index (χ4n) is 14.6. The number of amides is 1. The molecule has 2 aliphatic carbocycles. The van der Waals surface area contributed by atoms with Crippen molar-refractivity contribution in [3.05, 3.63) is 53.4 Å². The van der Waals surface area contributed by atoms with Gasteiger partial charge in [0.15, 0.2) is 0 Å². The number of nitrogens with zero attached hydrogens (tertiary/aromatic N) is 2. The number of hydrogen-bond donors (Lipinski definition) is 0. The largest absolute Gasteiger partial charge is 0.371 e. The van der Waals surface area contributed by atoms with Gasteiger partial charge in [0.25, 0.3) is 0 Å². The van der Waals surface area contributed by atoms with Crippen LogP contribution in [0, 0.1) is 29.6 Å². The first-order valence-corrected chi connectivity index (χ1v) is 36.4. The predicted molar refractivity (Wildman–Crippen MR) is 338 cm³/mol. The van der Waals surface area contributed by atoms with Gasteiger partial charge in [0.05, 0.1) is 13.5 Å². The maximum absolute atomic E-state index is 15.5. The molecule has 2 aromatic rings. The first kappa shape index (κ1) is 63.6. The third kappa shape index (κ3) is 21.7. The molecule has 9 atom stereocenters. The highest BCUT2D eigenvalue weighted by atomic mass is 79.9. The first-order chi connectivity index (χ1) is 36.9. The number of carbonyl (C=O) groups is 1. The molecule has 4 aliphatic rings. The fraction of sp³-hybridized carbons (Fsp3) is 0.838. The molecular weight excluding hydrogens is 1080 g/mol. The van der Waals surface area contributed by atoms with Crippen molar-refractivity contribution in [1.82, 2.24) is 9.80 Å². The molecule has 75 heavy (non-hydrogen) atoms. The third-order valence-corrected chi connectivity index (χ3v) is 22.5. The molecule has 9 unspecified atom stereocenters. The van der Waals surface area contributed by atoms with E-state index in [2.05, 4.69) is 99.7 Å². The van der Waals surface area contributed by atoms with Crippen LogP contribution in [0.25, 0.3) is 0 Å². The summed E-state index contributed by atoms with van der Waals surface area (Å²) in [5.74, 6) is 3.78. The van der Waals surface area contributed by atoms with Crippen molar-refractivity contribution in [2.24, 2.45) is 29.6 Å². The molecule has 0 radical (unpaired) electrons. The van der Waals surface area contributed by atoms with Crippen LogP contribution in [0.3, 0.4) is 0 Å². The minimum Gasteiger partial charge on any atom is -0.371 e. The summed E-state index contributed by atoms with van der Waals surface area (Å²) < 4.78 is 2.43. The number of allylic oxidation sites excluding steroid dienone is 1. The molecule has 4 heterocycles. The van der Waals surface area contributed by atoms with Crippen molar-refractivity contribution in [3.63, 3.8) is 0 Å². The van der Waals surface area contributed by atoms with Crippen LogP contribution in [0.1, 0.15) is 319 Å². The molecule has 7 heteroatoms. The Bertz CT molecular complexity index is 1820. The Morgan fingerprint density at radius 3 is 1.19 bits per heavy atom. The lowest BCUT2D eigenvalue weighted by atomic mass is 9.69. The van der Waals surface area contributed by atoms with Gasteiger partial charge in [0, 0.05) is 58.4 Å². The SMILES string of the molecule is CCCCCCCCCCCCC(CCCCCCCCCC)CN1C(=O)C(c2ccc(Br)s2)C2C=C3C(CC21)C(c1ccc(Br)s1)C1CC1N3CC(CCCCCCCCCC)CCCCCCCCCCCC. The summed E-state index contributed by atoms with van der Waals surface area (Å²) in [6.45, 7) is 11.5. The normalized spacial score (nSPS) is 22.9. The van der Waals surface area contributed by atoms with Gasteiger partial charge >= 0.3 is 0 Å². The van der Waals surface area contributed by atoms with E-state index in [9.17, 15) is 0 Å². The van der Waals surface area contributed by atoms with E-state index < -0.39 is 0 Å². The Morgan fingerprint density at radius 2 is 0.813 bits per heavy atom. The molecule has 3 nitrogen and oxygen atoms in total. The van der Waals surface area contributed by atoms with Crippen LogP contribution in [0.2, 0.25) is 0 Å². The van der Waals surface area contributed by atoms with Crippen LogP contribution in [0.15, 0.2) is 43.6 Å². The smallest absolute Gasteiger partial charge is 0.231 e. The van der Waals surface area contributed by atoms with E-state index >= 15 is 4.79 Å². The van der Waals surface area contributed by atoms with Crippen molar-refractivity contribution >= 4 is 60.4 Å². The van der Waals surface area contributed by atoms with E-state index in [4.69, 9.17) is 0 Å². The molecule has 1 saturated carbocycles. The van der Waals surface area contributed by atoms with E-state index in [-0.39, 0.29) is 17.9 Å². The molecular formula is C68H114Br2N2OS2. The zero-order chi connectivity index (χ0) is 52.9. The average molecular weight is 1200 g/mol. The van der Waals surface area contributed by atoms with E-state index in [1.54, 1.807) is 10.6 Å². The lowest BCUT2D eigenvalue weighted by molar-refractivity contribution is -0.131. The second kappa shape index (κ2) is 37.4. The second-order valence-corrected chi connectivity index (χ2v) is 30.2. The van der Waals surface area contributed by atoms with Gasteiger partial charge in [-0.3, -0.25) is 4.79 Å². The zero-order valence-corrected chi connectivity index (χ0v) is 53.9. The first-order valence-electron chi connectivity index (χ1n) is 33.2. The van der Waals surface area contributed by atoms with Gasteiger partial charge in [0.2, 0.25) is 5.91 Å². The van der Waals surface area contributed by atoms with Crippen LogP contribution in [0.5, 0.6) is 0 Å². The van der Waals surface area contributed by atoms with Gasteiger partial charge in [-0.2, -0.15) is 0 Å². The minimum absolute atomic E-state index is 0.0614. The van der Waals surface area contributed by atoms with Crippen molar-refractivity contribution in [2.75, 3.05) is 13.1 Å². The van der Waals surface area contributed by atoms with Crippen molar-refractivity contribution in [2.45, 2.75) is 321 Å². The Hall–Kier alpha value is -0.630. The Morgan fingerprint density at radius 1 is 0.453 bits per heavy atom. The lowest BCUT2D eigenvalue weighted by Gasteiger charge is -2.48.